The van der Waals surface area contributed by atoms with Gasteiger partial charge in [-0.25, -0.2) is 18.4 Å². The van der Waals surface area contributed by atoms with Crippen molar-refractivity contribution in [2.75, 3.05) is 16.2 Å². The Balaban J connectivity index is 1.62. The van der Waals surface area contributed by atoms with Gasteiger partial charge in [0.15, 0.2) is 5.82 Å². The van der Waals surface area contributed by atoms with E-state index >= 15 is 0 Å². The molecule has 0 bridgehead atoms. The number of pyridine rings is 1. The number of nitrogens with zero attached hydrogens (tertiary/aromatic N) is 4. The molecule has 1 amide bonds. The molecule has 2 aliphatic rings. The maximum absolute atomic E-state index is 12.2. The van der Waals surface area contributed by atoms with Gasteiger partial charge in [-0.15, -0.1) is 0 Å². The Morgan fingerprint density at radius 2 is 2.06 bits per heavy atom. The van der Waals surface area contributed by atoms with E-state index in [1.807, 2.05) is 6.92 Å². The van der Waals surface area contributed by atoms with Crippen LogP contribution in [-0.4, -0.2) is 47.1 Å². The minimum Gasteiger partial charge on any atom is -0.364 e. The number of primary amides is 1. The van der Waals surface area contributed by atoms with Crippen LogP contribution in [0.1, 0.15) is 66.6 Å². The maximum Gasteiger partial charge on any atom is 0.269 e. The Labute approximate surface area is 182 Å². The number of aromatic nitrogens is 3. The summed E-state index contributed by atoms with van der Waals surface area (Å²) in [5.41, 5.74) is 7.85. The number of anilines is 2. The molecule has 2 fully saturated rings. The summed E-state index contributed by atoms with van der Waals surface area (Å²) in [5.74, 6) is 0.131. The van der Waals surface area contributed by atoms with Crippen LogP contribution >= 0.6 is 0 Å². The highest BCUT2D eigenvalue weighted by Crippen LogP contribution is 2.31. The molecule has 0 aromatic carbocycles. The van der Waals surface area contributed by atoms with Crippen LogP contribution in [0.15, 0.2) is 18.3 Å². The first kappa shape index (κ1) is 21.5. The zero-order chi connectivity index (χ0) is 22.2. The Kier molecular flexibility index (Phi) is 5.83. The van der Waals surface area contributed by atoms with Crippen molar-refractivity contribution in [1.29, 1.82) is 0 Å². The summed E-state index contributed by atoms with van der Waals surface area (Å²) in [6.07, 6.45) is 6.43. The summed E-state index contributed by atoms with van der Waals surface area (Å²) < 4.78 is 27.1. The molecule has 31 heavy (non-hydrogen) atoms. The number of nitrogens with two attached hydrogens (primary N) is 1. The highest BCUT2D eigenvalue weighted by atomic mass is 32.2. The number of rotatable bonds is 9. The second-order valence-electron chi connectivity index (χ2n) is 8.28. The van der Waals surface area contributed by atoms with Gasteiger partial charge in [-0.1, -0.05) is 13.3 Å². The van der Waals surface area contributed by atoms with Crippen molar-refractivity contribution in [3.05, 3.63) is 41.1 Å². The summed E-state index contributed by atoms with van der Waals surface area (Å²) in [7, 11) is -3.37. The first-order valence-electron chi connectivity index (χ1n) is 10.7. The maximum atomic E-state index is 12.2. The number of aryl methyl sites for hydroxylation is 1. The van der Waals surface area contributed by atoms with Crippen molar-refractivity contribution in [1.82, 2.24) is 15.0 Å². The first-order valence-corrected chi connectivity index (χ1v) is 12.2. The monoisotopic (exact) mass is 444 g/mol. The number of amides is 1. The van der Waals surface area contributed by atoms with Gasteiger partial charge in [-0.05, 0) is 44.7 Å². The van der Waals surface area contributed by atoms with Gasteiger partial charge >= 0.3 is 0 Å². The number of carbonyl (C=O) groups excluding carboxylic acids is 1. The first-order chi connectivity index (χ1) is 14.8. The fourth-order valence-corrected chi connectivity index (χ4v) is 5.30. The third-order valence-corrected chi connectivity index (χ3v) is 7.65. The van der Waals surface area contributed by atoms with Crippen molar-refractivity contribution in [2.24, 2.45) is 5.73 Å². The third-order valence-electron chi connectivity index (χ3n) is 5.78. The van der Waals surface area contributed by atoms with Crippen LogP contribution < -0.4 is 15.4 Å². The molecule has 1 aliphatic carbocycles. The number of sulfonamides is 1. The molecule has 1 saturated carbocycles. The van der Waals surface area contributed by atoms with Crippen molar-refractivity contribution < 1.29 is 13.2 Å². The van der Waals surface area contributed by atoms with Gasteiger partial charge < -0.3 is 10.6 Å². The molecule has 2 aromatic rings. The molecule has 166 valence electrons. The van der Waals surface area contributed by atoms with Gasteiger partial charge in [0.1, 0.15) is 5.69 Å². The highest BCUT2D eigenvalue weighted by Gasteiger charge is 2.36. The highest BCUT2D eigenvalue weighted by molar-refractivity contribution is 7.93. The van der Waals surface area contributed by atoms with Gasteiger partial charge in [-0.3, -0.25) is 14.5 Å². The molecule has 1 saturated heterocycles. The Morgan fingerprint density at radius 1 is 1.29 bits per heavy atom. The number of hydrogen-bond donors (Lipinski definition) is 2. The zero-order valence-electron chi connectivity index (χ0n) is 17.8. The fourth-order valence-electron chi connectivity index (χ4n) is 3.93. The molecular weight excluding hydrogens is 416 g/mol. The van der Waals surface area contributed by atoms with E-state index in [4.69, 9.17) is 10.7 Å². The lowest BCUT2D eigenvalue weighted by molar-refractivity contribution is 0.0994. The van der Waals surface area contributed by atoms with E-state index in [9.17, 15) is 13.2 Å². The van der Waals surface area contributed by atoms with Gasteiger partial charge in [0.25, 0.3) is 5.91 Å². The number of hydrogen-bond acceptors (Lipinski definition) is 7. The average Bonchev–Trinajstić information content (AvgIpc) is 3.53. The van der Waals surface area contributed by atoms with E-state index in [0.717, 1.165) is 31.6 Å². The lowest BCUT2D eigenvalue weighted by Gasteiger charge is -2.42. The van der Waals surface area contributed by atoms with Crippen LogP contribution in [-0.2, 0) is 16.4 Å². The van der Waals surface area contributed by atoms with E-state index in [-0.39, 0.29) is 17.4 Å². The van der Waals surface area contributed by atoms with Crippen LogP contribution in [0.3, 0.4) is 0 Å². The van der Waals surface area contributed by atoms with Crippen molar-refractivity contribution in [3.63, 3.8) is 0 Å². The molecule has 4 rings (SSSR count). The summed E-state index contributed by atoms with van der Waals surface area (Å²) in [6, 6.07) is 3.71. The van der Waals surface area contributed by atoms with E-state index in [1.165, 1.54) is 0 Å². The normalized spacial score (nSPS) is 18.5. The van der Waals surface area contributed by atoms with Crippen LogP contribution in [0.5, 0.6) is 0 Å². The molecule has 1 atom stereocenters. The van der Waals surface area contributed by atoms with E-state index in [0.29, 0.717) is 41.7 Å². The van der Waals surface area contributed by atoms with Gasteiger partial charge in [0.2, 0.25) is 10.0 Å². The van der Waals surface area contributed by atoms with Crippen LogP contribution in [0, 0.1) is 6.92 Å². The summed E-state index contributed by atoms with van der Waals surface area (Å²) in [4.78, 5) is 27.8. The largest absolute Gasteiger partial charge is 0.364 e. The van der Waals surface area contributed by atoms with Crippen molar-refractivity contribution >= 4 is 27.4 Å². The standard InChI is InChI=1S/C21H28N6O3S/c1-3-4-16-8-10-27(16)21-13(2)24-19(20(22)28)18(25-21)12-15-11-14(7-9-23-15)26-31(29,30)17-5-6-17/h7,9,11,16-17H,3-6,8,10,12H2,1-2H3,(H2,22,28)(H,23,26). The van der Waals surface area contributed by atoms with E-state index in [2.05, 4.69) is 26.5 Å². The topological polar surface area (TPSA) is 131 Å². The van der Waals surface area contributed by atoms with E-state index < -0.39 is 15.9 Å². The molecule has 10 heteroatoms. The van der Waals surface area contributed by atoms with Crippen LogP contribution in [0.25, 0.3) is 0 Å². The minimum absolute atomic E-state index is 0.125. The molecule has 3 heterocycles. The third kappa shape index (κ3) is 4.63. The molecule has 9 nitrogen and oxygen atoms in total. The SMILES string of the molecule is CCCC1CCN1c1nc(Cc2cc(NS(=O)(=O)C3CC3)ccn2)c(C(N)=O)nc1C. The van der Waals surface area contributed by atoms with Crippen molar-refractivity contribution in [3.8, 4) is 0 Å². The molecule has 1 aliphatic heterocycles. The second-order valence-corrected chi connectivity index (χ2v) is 10.2. The summed E-state index contributed by atoms with van der Waals surface area (Å²) >= 11 is 0. The molecular formula is C21H28N6O3S. The Hall–Kier alpha value is -2.75. The van der Waals surface area contributed by atoms with Gasteiger partial charge in [0.05, 0.1) is 22.3 Å². The lowest BCUT2D eigenvalue weighted by atomic mass is 9.98. The fraction of sp³-hybridized carbons (Fsp3) is 0.524. The van der Waals surface area contributed by atoms with E-state index in [1.54, 1.807) is 18.3 Å². The Morgan fingerprint density at radius 3 is 2.68 bits per heavy atom. The number of carbonyl (C=O) groups is 1. The van der Waals surface area contributed by atoms with Gasteiger partial charge in [-0.2, -0.15) is 0 Å². The molecule has 2 aromatic heterocycles. The Bertz CT molecular complexity index is 1100. The average molecular weight is 445 g/mol. The van der Waals surface area contributed by atoms with Gasteiger partial charge in [0, 0.05) is 30.9 Å². The second kappa shape index (κ2) is 8.41. The molecule has 0 radical (unpaired) electrons. The zero-order valence-corrected chi connectivity index (χ0v) is 18.7. The lowest BCUT2D eigenvalue weighted by Crippen LogP contribution is -2.48. The predicted octanol–water partition coefficient (Wildman–Crippen LogP) is 2.15. The predicted molar refractivity (Wildman–Crippen MR) is 119 cm³/mol. The smallest absolute Gasteiger partial charge is 0.269 e. The summed E-state index contributed by atoms with van der Waals surface area (Å²) in [5, 5.41) is -0.316. The van der Waals surface area contributed by atoms with Crippen LogP contribution in [0.4, 0.5) is 11.5 Å². The van der Waals surface area contributed by atoms with Crippen molar-refractivity contribution in [2.45, 2.75) is 63.7 Å². The quantitative estimate of drug-likeness (QED) is 0.606. The molecule has 1 unspecified atom stereocenters. The molecule has 3 N–H and O–H groups in total. The molecule has 0 spiro atoms. The minimum atomic E-state index is -3.37. The van der Waals surface area contributed by atoms with Crippen LogP contribution in [0.2, 0.25) is 0 Å². The summed E-state index contributed by atoms with van der Waals surface area (Å²) in [6.45, 7) is 4.91. The number of nitrogens with one attached hydrogen (secondary N) is 1.